The first-order valence-electron chi connectivity index (χ1n) is 7.56. The smallest absolute Gasteiger partial charge is 0.323 e. The highest BCUT2D eigenvalue weighted by atomic mass is 16.5. The third kappa shape index (κ3) is 2.76. The predicted molar refractivity (Wildman–Crippen MR) is 87.3 cm³/mol. The largest absolute Gasteiger partial charge is 0.504 e. The fourth-order valence-corrected chi connectivity index (χ4v) is 3.08. The number of carbonyl (C=O) groups excluding carboxylic acids is 1. The number of benzene rings is 2. The molecule has 1 aliphatic heterocycles. The summed E-state index contributed by atoms with van der Waals surface area (Å²) >= 11 is 0. The van der Waals surface area contributed by atoms with E-state index < -0.39 is 12.1 Å². The van der Waals surface area contributed by atoms with Crippen LogP contribution in [0, 0.1) is 0 Å². The maximum Gasteiger partial charge on any atom is 0.323 e. The lowest BCUT2D eigenvalue weighted by Gasteiger charge is -2.33. The summed E-state index contributed by atoms with van der Waals surface area (Å²) < 4.78 is 10.1. The van der Waals surface area contributed by atoms with E-state index in [-0.39, 0.29) is 17.5 Å². The third-order valence-electron chi connectivity index (χ3n) is 4.28. The maximum atomic E-state index is 12.0. The Morgan fingerprint density at radius 1 is 1.21 bits per heavy atom. The molecular formula is C18H19NO5. The molecule has 0 amide bonds. The number of ether oxygens (including phenoxy) is 2. The van der Waals surface area contributed by atoms with Gasteiger partial charge in [0.1, 0.15) is 11.8 Å². The number of hydrogen-bond acceptors (Lipinski definition) is 6. The van der Waals surface area contributed by atoms with Crippen molar-refractivity contribution in [1.82, 2.24) is 5.32 Å². The van der Waals surface area contributed by atoms with Gasteiger partial charge in [-0.25, -0.2) is 0 Å². The topological polar surface area (TPSA) is 88.0 Å². The zero-order chi connectivity index (χ0) is 17.3. The van der Waals surface area contributed by atoms with Gasteiger partial charge in [0.05, 0.1) is 20.3 Å². The molecule has 0 aliphatic carbocycles. The van der Waals surface area contributed by atoms with Crippen LogP contribution < -0.4 is 10.1 Å². The van der Waals surface area contributed by atoms with Crippen LogP contribution in [-0.4, -0.2) is 36.4 Å². The SMILES string of the molecule is COC(=O)C1Cc2ccc(O)c(O)c2C(c2cccc(OC)c2)N1. The lowest BCUT2D eigenvalue weighted by atomic mass is 9.85. The van der Waals surface area contributed by atoms with Gasteiger partial charge in [0.25, 0.3) is 0 Å². The average Bonchev–Trinajstić information content (AvgIpc) is 2.63. The van der Waals surface area contributed by atoms with Crippen LogP contribution in [0.5, 0.6) is 17.2 Å². The number of phenols is 2. The van der Waals surface area contributed by atoms with E-state index in [1.54, 1.807) is 13.2 Å². The van der Waals surface area contributed by atoms with E-state index in [2.05, 4.69) is 5.32 Å². The van der Waals surface area contributed by atoms with Gasteiger partial charge in [-0.05, 0) is 35.7 Å². The molecule has 2 aromatic rings. The van der Waals surface area contributed by atoms with E-state index in [1.165, 1.54) is 13.2 Å². The second-order valence-electron chi connectivity index (χ2n) is 5.66. The van der Waals surface area contributed by atoms with Crippen LogP contribution in [0.1, 0.15) is 22.7 Å². The molecule has 0 radical (unpaired) electrons. The number of phenolic OH excluding ortho intramolecular Hbond substituents is 2. The van der Waals surface area contributed by atoms with E-state index in [4.69, 9.17) is 9.47 Å². The first-order chi connectivity index (χ1) is 11.5. The van der Waals surface area contributed by atoms with Gasteiger partial charge in [0, 0.05) is 5.56 Å². The molecule has 6 nitrogen and oxygen atoms in total. The average molecular weight is 329 g/mol. The minimum Gasteiger partial charge on any atom is -0.504 e. The molecule has 0 spiro atoms. The van der Waals surface area contributed by atoms with Gasteiger partial charge in [-0.15, -0.1) is 0 Å². The number of carbonyl (C=O) groups is 1. The lowest BCUT2D eigenvalue weighted by Crippen LogP contribution is -2.45. The highest BCUT2D eigenvalue weighted by Crippen LogP contribution is 2.41. The molecule has 1 heterocycles. The zero-order valence-corrected chi connectivity index (χ0v) is 13.4. The number of nitrogens with one attached hydrogen (secondary N) is 1. The Morgan fingerprint density at radius 2 is 2.00 bits per heavy atom. The Morgan fingerprint density at radius 3 is 2.71 bits per heavy atom. The van der Waals surface area contributed by atoms with Crippen LogP contribution in [0.2, 0.25) is 0 Å². The Hall–Kier alpha value is -2.73. The molecule has 2 unspecified atom stereocenters. The molecule has 2 atom stereocenters. The lowest BCUT2D eigenvalue weighted by molar-refractivity contribution is -0.143. The van der Waals surface area contributed by atoms with E-state index in [9.17, 15) is 15.0 Å². The number of esters is 1. The van der Waals surface area contributed by atoms with E-state index in [0.29, 0.717) is 17.7 Å². The molecular weight excluding hydrogens is 310 g/mol. The number of fused-ring (bicyclic) bond motifs is 1. The van der Waals surface area contributed by atoms with Crippen molar-refractivity contribution in [2.45, 2.75) is 18.5 Å². The second-order valence-corrected chi connectivity index (χ2v) is 5.66. The first kappa shape index (κ1) is 16.1. The molecule has 6 heteroatoms. The van der Waals surface area contributed by atoms with Crippen molar-refractivity contribution in [1.29, 1.82) is 0 Å². The fraction of sp³-hybridized carbons (Fsp3) is 0.278. The molecule has 2 aromatic carbocycles. The maximum absolute atomic E-state index is 12.0. The van der Waals surface area contributed by atoms with Gasteiger partial charge in [0.15, 0.2) is 11.5 Å². The number of methoxy groups -OCH3 is 2. The Labute approximate surface area is 139 Å². The summed E-state index contributed by atoms with van der Waals surface area (Å²) in [6.07, 6.45) is 0.371. The van der Waals surface area contributed by atoms with Gasteiger partial charge < -0.3 is 19.7 Å². The third-order valence-corrected chi connectivity index (χ3v) is 4.28. The Bertz CT molecular complexity index is 774. The fourth-order valence-electron chi connectivity index (χ4n) is 3.08. The highest BCUT2D eigenvalue weighted by Gasteiger charge is 2.34. The van der Waals surface area contributed by atoms with Crippen molar-refractivity contribution in [3.63, 3.8) is 0 Å². The molecule has 24 heavy (non-hydrogen) atoms. The van der Waals surface area contributed by atoms with Crippen molar-refractivity contribution < 1.29 is 24.5 Å². The zero-order valence-electron chi connectivity index (χ0n) is 13.4. The van der Waals surface area contributed by atoms with Crippen molar-refractivity contribution in [2.24, 2.45) is 0 Å². The van der Waals surface area contributed by atoms with Crippen LogP contribution >= 0.6 is 0 Å². The van der Waals surface area contributed by atoms with Gasteiger partial charge in [0.2, 0.25) is 0 Å². The number of rotatable bonds is 3. The Balaban J connectivity index is 2.12. The molecule has 3 rings (SSSR count). The molecule has 0 saturated heterocycles. The van der Waals surface area contributed by atoms with Crippen LogP contribution in [0.3, 0.4) is 0 Å². The minimum atomic E-state index is -0.539. The summed E-state index contributed by atoms with van der Waals surface area (Å²) in [7, 11) is 2.91. The minimum absolute atomic E-state index is 0.184. The molecule has 0 fully saturated rings. The summed E-state index contributed by atoms with van der Waals surface area (Å²) in [6.45, 7) is 0. The second kappa shape index (κ2) is 6.41. The summed E-state index contributed by atoms with van der Waals surface area (Å²) in [5.41, 5.74) is 2.15. The highest BCUT2D eigenvalue weighted by molar-refractivity contribution is 5.77. The molecule has 0 bridgehead atoms. The monoisotopic (exact) mass is 329 g/mol. The molecule has 0 aromatic heterocycles. The van der Waals surface area contributed by atoms with Crippen LogP contribution in [-0.2, 0) is 16.0 Å². The first-order valence-corrected chi connectivity index (χ1v) is 7.56. The van der Waals surface area contributed by atoms with Gasteiger partial charge >= 0.3 is 5.97 Å². The van der Waals surface area contributed by atoms with Crippen molar-refractivity contribution in [2.75, 3.05) is 14.2 Å². The van der Waals surface area contributed by atoms with E-state index >= 15 is 0 Å². The Kier molecular flexibility index (Phi) is 4.31. The predicted octanol–water partition coefficient (Wildman–Crippen LogP) is 1.88. The van der Waals surface area contributed by atoms with E-state index in [0.717, 1.165) is 11.1 Å². The van der Waals surface area contributed by atoms with E-state index in [1.807, 2.05) is 24.3 Å². The van der Waals surface area contributed by atoms with Crippen molar-refractivity contribution >= 4 is 5.97 Å². The van der Waals surface area contributed by atoms with Crippen LogP contribution in [0.15, 0.2) is 36.4 Å². The van der Waals surface area contributed by atoms with Gasteiger partial charge in [-0.2, -0.15) is 0 Å². The van der Waals surface area contributed by atoms with Crippen LogP contribution in [0.25, 0.3) is 0 Å². The number of hydrogen-bond donors (Lipinski definition) is 3. The van der Waals surface area contributed by atoms with Gasteiger partial charge in [-0.1, -0.05) is 18.2 Å². The quantitative estimate of drug-likeness (QED) is 0.589. The van der Waals surface area contributed by atoms with Crippen molar-refractivity contribution in [3.05, 3.63) is 53.1 Å². The summed E-state index contributed by atoms with van der Waals surface area (Å²) in [5, 5.41) is 23.4. The summed E-state index contributed by atoms with van der Waals surface area (Å²) in [4.78, 5) is 12.0. The normalized spacial score (nSPS) is 19.4. The van der Waals surface area contributed by atoms with Gasteiger partial charge in [-0.3, -0.25) is 10.1 Å². The molecule has 0 saturated carbocycles. The van der Waals surface area contributed by atoms with Crippen molar-refractivity contribution in [3.8, 4) is 17.2 Å². The summed E-state index contributed by atoms with van der Waals surface area (Å²) in [6, 6.07) is 9.47. The summed E-state index contributed by atoms with van der Waals surface area (Å²) in [5.74, 6) is -0.0899. The molecule has 3 N–H and O–H groups in total. The standard InChI is InChI=1S/C18H19NO5/c1-23-12-5-3-4-11(8-12)16-15-10(6-7-14(20)17(15)21)9-13(19-16)18(22)24-2/h3-8,13,16,19-21H,9H2,1-2H3. The number of aromatic hydroxyl groups is 2. The molecule has 1 aliphatic rings. The molecule has 126 valence electrons. The van der Waals surface area contributed by atoms with Crippen LogP contribution in [0.4, 0.5) is 0 Å².